The Hall–Kier alpha value is -2.18. The molecule has 1 aromatic carbocycles. The van der Waals surface area contributed by atoms with Gasteiger partial charge in [-0.25, -0.2) is 4.39 Å². The lowest BCUT2D eigenvalue weighted by Crippen LogP contribution is -2.43. The Bertz CT molecular complexity index is 565. The van der Waals surface area contributed by atoms with Crippen molar-refractivity contribution in [2.24, 2.45) is 5.92 Å². The van der Waals surface area contributed by atoms with Crippen molar-refractivity contribution >= 4 is 17.3 Å². The van der Waals surface area contributed by atoms with Gasteiger partial charge in [0.05, 0.1) is 10.8 Å². The summed E-state index contributed by atoms with van der Waals surface area (Å²) in [5.74, 6) is -0.771. The smallest absolute Gasteiger partial charge is 0.292 e. The summed E-state index contributed by atoms with van der Waals surface area (Å²) in [7, 11) is 0. The molecule has 1 atom stereocenters. The standard InChI is InChI=1S/C15H20FN3O3/c1-2-7-17-15(20)11-4-3-8-18(10-11)14-9-12(16)5-6-13(14)19(21)22/h5-6,9,11H,2-4,7-8,10H2,1H3,(H,17,20). The van der Waals surface area contributed by atoms with Gasteiger partial charge in [0.1, 0.15) is 11.5 Å². The molecule has 0 saturated carbocycles. The van der Waals surface area contributed by atoms with Gasteiger partial charge in [-0.05, 0) is 25.3 Å². The third-order valence-corrected chi connectivity index (χ3v) is 3.82. The van der Waals surface area contributed by atoms with Crippen molar-refractivity contribution in [1.82, 2.24) is 5.32 Å². The van der Waals surface area contributed by atoms with Crippen molar-refractivity contribution in [3.8, 4) is 0 Å². The average Bonchev–Trinajstić information content (AvgIpc) is 2.52. The first-order valence-corrected chi connectivity index (χ1v) is 7.49. The molecule has 1 amide bonds. The van der Waals surface area contributed by atoms with Gasteiger partial charge in [0, 0.05) is 31.8 Å². The molecule has 0 aromatic heterocycles. The zero-order valence-corrected chi connectivity index (χ0v) is 12.5. The summed E-state index contributed by atoms with van der Waals surface area (Å²) in [6.45, 7) is 3.56. The SMILES string of the molecule is CCCNC(=O)C1CCCN(c2cc(F)ccc2[N+](=O)[O-])C1. The maximum Gasteiger partial charge on any atom is 0.292 e. The first-order chi connectivity index (χ1) is 10.5. The largest absolute Gasteiger partial charge is 0.365 e. The van der Waals surface area contributed by atoms with E-state index in [-0.39, 0.29) is 23.2 Å². The van der Waals surface area contributed by atoms with Crippen LogP contribution in [0.1, 0.15) is 26.2 Å². The molecule has 1 heterocycles. The second-order valence-electron chi connectivity index (χ2n) is 5.47. The van der Waals surface area contributed by atoms with Crippen LogP contribution in [0.3, 0.4) is 0 Å². The zero-order valence-electron chi connectivity index (χ0n) is 12.5. The van der Waals surface area contributed by atoms with Crippen LogP contribution >= 0.6 is 0 Å². The number of nitrogens with zero attached hydrogens (tertiary/aromatic N) is 2. The summed E-state index contributed by atoms with van der Waals surface area (Å²) in [5.41, 5.74) is 0.119. The van der Waals surface area contributed by atoms with Crippen LogP contribution in [-0.2, 0) is 4.79 Å². The van der Waals surface area contributed by atoms with E-state index in [0.29, 0.717) is 19.6 Å². The molecule has 1 unspecified atom stereocenters. The minimum absolute atomic E-state index is 0.0365. The van der Waals surface area contributed by atoms with E-state index in [1.165, 1.54) is 12.1 Å². The maximum absolute atomic E-state index is 13.5. The monoisotopic (exact) mass is 309 g/mol. The quantitative estimate of drug-likeness (QED) is 0.669. The fourth-order valence-corrected chi connectivity index (χ4v) is 2.71. The fourth-order valence-electron chi connectivity index (χ4n) is 2.71. The molecule has 6 nitrogen and oxygen atoms in total. The Labute approximate surface area is 128 Å². The van der Waals surface area contributed by atoms with Crippen molar-refractivity contribution in [2.75, 3.05) is 24.5 Å². The van der Waals surface area contributed by atoms with Gasteiger partial charge in [-0.3, -0.25) is 14.9 Å². The van der Waals surface area contributed by atoms with Crippen LogP contribution in [0.25, 0.3) is 0 Å². The van der Waals surface area contributed by atoms with Crippen LogP contribution in [0, 0.1) is 21.8 Å². The number of piperidine rings is 1. The van der Waals surface area contributed by atoms with Crippen molar-refractivity contribution in [1.29, 1.82) is 0 Å². The summed E-state index contributed by atoms with van der Waals surface area (Å²) in [5, 5.41) is 14.0. The molecule has 1 saturated heterocycles. The molecule has 1 aliphatic heterocycles. The Morgan fingerprint density at radius 2 is 2.32 bits per heavy atom. The average molecular weight is 309 g/mol. The van der Waals surface area contributed by atoms with Gasteiger partial charge < -0.3 is 10.2 Å². The fraction of sp³-hybridized carbons (Fsp3) is 0.533. The molecule has 0 aliphatic carbocycles. The van der Waals surface area contributed by atoms with E-state index in [2.05, 4.69) is 5.32 Å². The normalized spacial score (nSPS) is 18.1. The van der Waals surface area contributed by atoms with Gasteiger partial charge >= 0.3 is 0 Å². The van der Waals surface area contributed by atoms with Crippen molar-refractivity contribution in [3.63, 3.8) is 0 Å². The van der Waals surface area contributed by atoms with Crippen LogP contribution in [-0.4, -0.2) is 30.5 Å². The molecule has 22 heavy (non-hydrogen) atoms. The van der Waals surface area contributed by atoms with Gasteiger partial charge in [-0.1, -0.05) is 6.92 Å². The van der Waals surface area contributed by atoms with Crippen LogP contribution in [0.2, 0.25) is 0 Å². The van der Waals surface area contributed by atoms with Crippen LogP contribution < -0.4 is 10.2 Å². The Kier molecular flexibility index (Phi) is 5.30. The highest BCUT2D eigenvalue weighted by Crippen LogP contribution is 2.32. The molecule has 1 aliphatic rings. The number of carbonyl (C=O) groups is 1. The van der Waals surface area contributed by atoms with Crippen molar-refractivity contribution in [2.45, 2.75) is 26.2 Å². The number of halogens is 1. The molecule has 2 rings (SSSR count). The van der Waals surface area contributed by atoms with Gasteiger partial charge in [0.25, 0.3) is 5.69 Å². The lowest BCUT2D eigenvalue weighted by Gasteiger charge is -2.33. The molecule has 7 heteroatoms. The predicted molar refractivity (Wildman–Crippen MR) is 81.3 cm³/mol. The number of rotatable bonds is 5. The van der Waals surface area contributed by atoms with E-state index in [9.17, 15) is 19.3 Å². The number of benzene rings is 1. The number of anilines is 1. The Morgan fingerprint density at radius 3 is 3.00 bits per heavy atom. The molecule has 0 radical (unpaired) electrons. The Morgan fingerprint density at radius 1 is 1.55 bits per heavy atom. The van der Waals surface area contributed by atoms with Gasteiger partial charge in [-0.2, -0.15) is 0 Å². The summed E-state index contributed by atoms with van der Waals surface area (Å²) in [6, 6.07) is 3.42. The molecule has 1 fully saturated rings. The number of hydrogen-bond donors (Lipinski definition) is 1. The molecule has 1 aromatic rings. The van der Waals surface area contributed by atoms with E-state index < -0.39 is 10.7 Å². The highest BCUT2D eigenvalue weighted by molar-refractivity contribution is 5.80. The highest BCUT2D eigenvalue weighted by atomic mass is 19.1. The van der Waals surface area contributed by atoms with E-state index in [1.807, 2.05) is 6.92 Å². The van der Waals surface area contributed by atoms with E-state index >= 15 is 0 Å². The second kappa shape index (κ2) is 7.20. The maximum atomic E-state index is 13.5. The number of carbonyl (C=O) groups excluding carboxylic acids is 1. The summed E-state index contributed by atoms with van der Waals surface area (Å²) < 4.78 is 13.5. The minimum atomic E-state index is -0.518. The van der Waals surface area contributed by atoms with Gasteiger partial charge in [0.2, 0.25) is 5.91 Å². The molecule has 120 valence electrons. The first kappa shape index (κ1) is 16.2. The third kappa shape index (κ3) is 3.72. The zero-order chi connectivity index (χ0) is 16.1. The summed E-state index contributed by atoms with van der Waals surface area (Å²) in [4.78, 5) is 24.4. The summed E-state index contributed by atoms with van der Waals surface area (Å²) in [6.07, 6.45) is 2.35. The second-order valence-corrected chi connectivity index (χ2v) is 5.47. The Balaban J connectivity index is 2.17. The predicted octanol–water partition coefficient (Wildman–Crippen LogP) is 2.48. The molecule has 1 N–H and O–H groups in total. The summed E-state index contributed by atoms with van der Waals surface area (Å²) >= 11 is 0. The number of amides is 1. The lowest BCUT2D eigenvalue weighted by atomic mass is 9.96. The van der Waals surface area contributed by atoms with E-state index in [1.54, 1.807) is 4.90 Å². The van der Waals surface area contributed by atoms with Gasteiger partial charge in [-0.15, -0.1) is 0 Å². The molecule has 0 bridgehead atoms. The van der Waals surface area contributed by atoms with Gasteiger partial charge in [0.15, 0.2) is 0 Å². The highest BCUT2D eigenvalue weighted by Gasteiger charge is 2.29. The van der Waals surface area contributed by atoms with Crippen molar-refractivity contribution in [3.05, 3.63) is 34.1 Å². The topological polar surface area (TPSA) is 75.5 Å². The lowest BCUT2D eigenvalue weighted by molar-refractivity contribution is -0.384. The minimum Gasteiger partial charge on any atom is -0.365 e. The van der Waals surface area contributed by atoms with Crippen LogP contribution in [0.5, 0.6) is 0 Å². The van der Waals surface area contributed by atoms with Crippen molar-refractivity contribution < 1.29 is 14.1 Å². The number of nitrogens with one attached hydrogen (secondary N) is 1. The van der Waals surface area contributed by atoms with E-state index in [4.69, 9.17) is 0 Å². The third-order valence-electron chi connectivity index (χ3n) is 3.82. The number of nitro groups is 1. The van der Waals surface area contributed by atoms with E-state index in [0.717, 1.165) is 25.3 Å². The number of nitro benzene ring substituents is 1. The number of hydrogen-bond acceptors (Lipinski definition) is 4. The molecule has 0 spiro atoms. The molecular weight excluding hydrogens is 289 g/mol. The first-order valence-electron chi connectivity index (χ1n) is 7.49. The van der Waals surface area contributed by atoms with Crippen LogP contribution in [0.15, 0.2) is 18.2 Å². The molecular formula is C15H20FN3O3. The van der Waals surface area contributed by atoms with Crippen LogP contribution in [0.4, 0.5) is 15.8 Å².